The number of aromatic nitrogens is 2. The summed E-state index contributed by atoms with van der Waals surface area (Å²) in [6.45, 7) is 2.09. The number of nitrogens with zero attached hydrogens (tertiary/aromatic N) is 3. The zero-order valence-corrected chi connectivity index (χ0v) is 13.0. The number of hydrogen-bond acceptors (Lipinski definition) is 5. The maximum Gasteiger partial charge on any atom is 0.240 e. The van der Waals surface area contributed by atoms with Gasteiger partial charge in [-0.15, -0.1) is 0 Å². The van der Waals surface area contributed by atoms with Crippen molar-refractivity contribution in [2.45, 2.75) is 44.7 Å². The van der Waals surface area contributed by atoms with Crippen LogP contribution in [0.2, 0.25) is 0 Å². The van der Waals surface area contributed by atoms with Crippen LogP contribution in [0.4, 0.5) is 5.69 Å². The number of nitrogens with one attached hydrogen (secondary N) is 1. The third kappa shape index (κ3) is 3.27. The number of hydrogen-bond donors (Lipinski definition) is 1. The van der Waals surface area contributed by atoms with Crippen LogP contribution in [-0.4, -0.2) is 22.6 Å². The maximum absolute atomic E-state index is 11.8. The zero-order valence-electron chi connectivity index (χ0n) is 13.0. The van der Waals surface area contributed by atoms with E-state index in [0.717, 1.165) is 30.0 Å². The van der Waals surface area contributed by atoms with E-state index in [2.05, 4.69) is 27.6 Å². The molecule has 1 amide bonds. The molecule has 4 rings (SSSR count). The lowest BCUT2D eigenvalue weighted by molar-refractivity contribution is -0.117. The van der Waals surface area contributed by atoms with Gasteiger partial charge in [0.2, 0.25) is 11.8 Å². The van der Waals surface area contributed by atoms with Crippen LogP contribution in [0.3, 0.4) is 0 Å². The number of rotatable bonds is 6. The molecule has 1 aromatic heterocycles. The minimum atomic E-state index is 0.216. The molecule has 2 heterocycles. The molecular weight excluding hydrogens is 292 g/mol. The van der Waals surface area contributed by atoms with Crippen molar-refractivity contribution < 1.29 is 9.32 Å². The first kappa shape index (κ1) is 14.4. The minimum absolute atomic E-state index is 0.216. The summed E-state index contributed by atoms with van der Waals surface area (Å²) in [5.74, 6) is 2.21. The molecule has 23 heavy (non-hydrogen) atoms. The van der Waals surface area contributed by atoms with Crippen LogP contribution >= 0.6 is 0 Å². The summed E-state index contributed by atoms with van der Waals surface area (Å²) in [5, 5.41) is 7.33. The van der Waals surface area contributed by atoms with Gasteiger partial charge in [0.15, 0.2) is 5.82 Å². The number of carbonyl (C=O) groups excluding carboxylic acids is 1. The molecule has 6 heteroatoms. The average Bonchev–Trinajstić information content (AvgIpc) is 3.15. The average molecular weight is 312 g/mol. The molecule has 0 unspecified atom stereocenters. The molecule has 1 aliphatic carbocycles. The molecule has 2 aliphatic rings. The molecule has 0 bridgehead atoms. The fourth-order valence-electron chi connectivity index (χ4n) is 2.92. The summed E-state index contributed by atoms with van der Waals surface area (Å²) in [6.07, 6.45) is 3.95. The Labute approximate surface area is 134 Å². The first-order valence-electron chi connectivity index (χ1n) is 8.22. The summed E-state index contributed by atoms with van der Waals surface area (Å²) in [7, 11) is 0. The predicted molar refractivity (Wildman–Crippen MR) is 84.8 cm³/mol. The topological polar surface area (TPSA) is 71.3 Å². The first-order valence-corrected chi connectivity index (χ1v) is 8.22. The fourth-order valence-corrected chi connectivity index (χ4v) is 2.92. The highest BCUT2D eigenvalue weighted by molar-refractivity contribution is 5.95. The van der Waals surface area contributed by atoms with Gasteiger partial charge in [-0.1, -0.05) is 17.3 Å². The Hall–Kier alpha value is -2.21. The molecule has 2 aromatic rings. The van der Waals surface area contributed by atoms with E-state index < -0.39 is 0 Å². The summed E-state index contributed by atoms with van der Waals surface area (Å²) in [5.41, 5.74) is 2.13. The molecule has 6 nitrogen and oxygen atoms in total. The van der Waals surface area contributed by atoms with Crippen LogP contribution < -0.4 is 10.2 Å². The Morgan fingerprint density at radius 1 is 1.30 bits per heavy atom. The van der Waals surface area contributed by atoms with Gasteiger partial charge in [0.1, 0.15) is 0 Å². The second-order valence-electron chi connectivity index (χ2n) is 6.24. The minimum Gasteiger partial charge on any atom is -0.338 e. The highest BCUT2D eigenvalue weighted by Gasteiger charge is 2.28. The number of benzene rings is 1. The monoisotopic (exact) mass is 312 g/mol. The van der Waals surface area contributed by atoms with Crippen molar-refractivity contribution in [2.75, 3.05) is 11.4 Å². The third-order valence-corrected chi connectivity index (χ3v) is 4.33. The van der Waals surface area contributed by atoms with Crippen LogP contribution in [0.1, 0.15) is 48.9 Å². The van der Waals surface area contributed by atoms with E-state index in [1.807, 2.05) is 17.0 Å². The van der Waals surface area contributed by atoms with Crippen LogP contribution in [-0.2, 0) is 17.9 Å². The lowest BCUT2D eigenvalue weighted by Crippen LogP contribution is -2.23. The van der Waals surface area contributed by atoms with Crippen molar-refractivity contribution in [3.05, 3.63) is 41.5 Å². The summed E-state index contributed by atoms with van der Waals surface area (Å²) < 4.78 is 5.25. The van der Waals surface area contributed by atoms with E-state index in [0.29, 0.717) is 31.3 Å². The van der Waals surface area contributed by atoms with Gasteiger partial charge in [0, 0.05) is 31.1 Å². The normalized spacial score (nSPS) is 17.9. The number of carbonyl (C=O) groups is 1. The van der Waals surface area contributed by atoms with Crippen molar-refractivity contribution in [3.63, 3.8) is 0 Å². The molecule has 1 aromatic carbocycles. The first-order chi connectivity index (χ1) is 11.3. The SMILES string of the molecule is O=C1CCCN1c1cccc(CNCc2nc(C3CC3)no2)c1. The van der Waals surface area contributed by atoms with Gasteiger partial charge in [0.05, 0.1) is 6.54 Å². The summed E-state index contributed by atoms with van der Waals surface area (Å²) >= 11 is 0. The van der Waals surface area contributed by atoms with Gasteiger partial charge >= 0.3 is 0 Å². The molecule has 1 aliphatic heterocycles. The van der Waals surface area contributed by atoms with Gasteiger partial charge in [0.25, 0.3) is 0 Å². The van der Waals surface area contributed by atoms with Crippen molar-refractivity contribution in [1.82, 2.24) is 15.5 Å². The zero-order chi connectivity index (χ0) is 15.6. The molecule has 1 N–H and O–H groups in total. The second-order valence-corrected chi connectivity index (χ2v) is 6.24. The summed E-state index contributed by atoms with van der Waals surface area (Å²) in [6, 6.07) is 8.11. The Morgan fingerprint density at radius 2 is 2.22 bits per heavy atom. The Morgan fingerprint density at radius 3 is 3.00 bits per heavy atom. The predicted octanol–water partition coefficient (Wildman–Crippen LogP) is 2.36. The lowest BCUT2D eigenvalue weighted by atomic mass is 10.2. The molecule has 0 radical (unpaired) electrons. The van der Waals surface area contributed by atoms with Crippen molar-refractivity contribution >= 4 is 11.6 Å². The molecule has 2 fully saturated rings. The van der Waals surface area contributed by atoms with Gasteiger partial charge in [-0.2, -0.15) is 4.98 Å². The number of amides is 1. The van der Waals surface area contributed by atoms with Crippen LogP contribution in [0.5, 0.6) is 0 Å². The molecule has 120 valence electrons. The molecule has 1 saturated carbocycles. The molecule has 0 atom stereocenters. The van der Waals surface area contributed by atoms with Crippen LogP contribution in [0.25, 0.3) is 0 Å². The largest absolute Gasteiger partial charge is 0.338 e. The molecular formula is C17H20N4O2. The molecule has 0 spiro atoms. The van der Waals surface area contributed by atoms with Crippen molar-refractivity contribution in [2.24, 2.45) is 0 Å². The van der Waals surface area contributed by atoms with E-state index in [4.69, 9.17) is 4.52 Å². The van der Waals surface area contributed by atoms with Crippen molar-refractivity contribution in [3.8, 4) is 0 Å². The van der Waals surface area contributed by atoms with Crippen LogP contribution in [0.15, 0.2) is 28.8 Å². The maximum atomic E-state index is 11.8. The fraction of sp³-hybridized carbons (Fsp3) is 0.471. The van der Waals surface area contributed by atoms with E-state index in [9.17, 15) is 4.79 Å². The number of anilines is 1. The molecule has 1 saturated heterocycles. The highest BCUT2D eigenvalue weighted by Crippen LogP contribution is 2.38. The Kier molecular flexibility index (Phi) is 3.83. The Balaban J connectivity index is 1.34. The smallest absolute Gasteiger partial charge is 0.240 e. The van der Waals surface area contributed by atoms with Gasteiger partial charge < -0.3 is 14.7 Å². The van der Waals surface area contributed by atoms with Gasteiger partial charge in [-0.3, -0.25) is 4.79 Å². The van der Waals surface area contributed by atoms with Crippen LogP contribution in [0, 0.1) is 0 Å². The van der Waals surface area contributed by atoms with E-state index in [-0.39, 0.29) is 5.91 Å². The van der Waals surface area contributed by atoms with Gasteiger partial charge in [-0.25, -0.2) is 0 Å². The second kappa shape index (κ2) is 6.12. The highest BCUT2D eigenvalue weighted by atomic mass is 16.5. The van der Waals surface area contributed by atoms with Crippen molar-refractivity contribution in [1.29, 1.82) is 0 Å². The third-order valence-electron chi connectivity index (χ3n) is 4.33. The van der Waals surface area contributed by atoms with E-state index >= 15 is 0 Å². The van der Waals surface area contributed by atoms with E-state index in [1.165, 1.54) is 12.8 Å². The quantitative estimate of drug-likeness (QED) is 0.886. The lowest BCUT2D eigenvalue weighted by Gasteiger charge is -2.16. The summed E-state index contributed by atoms with van der Waals surface area (Å²) in [4.78, 5) is 18.1. The van der Waals surface area contributed by atoms with E-state index in [1.54, 1.807) is 0 Å². The standard InChI is InChI=1S/C17H20N4O2/c22-16-5-2-8-21(16)14-4-1-3-12(9-14)10-18-11-15-19-17(20-23-15)13-6-7-13/h1,3-4,9,13,18H,2,5-8,10-11H2. The Bertz CT molecular complexity index is 708. The van der Waals surface area contributed by atoms with Gasteiger partial charge in [-0.05, 0) is 37.0 Å².